The molecule has 4 rings (SSSR count). The summed E-state index contributed by atoms with van der Waals surface area (Å²) in [5.41, 5.74) is 7.60. The molecule has 1 amide bonds. The number of amides is 1. The van der Waals surface area contributed by atoms with Crippen LogP contribution in [0.15, 0.2) is 59.7 Å². The first-order valence-corrected chi connectivity index (χ1v) is 12.5. The van der Waals surface area contributed by atoms with Crippen LogP contribution in [-0.4, -0.2) is 33.3 Å². The molecule has 0 aliphatic heterocycles. The summed E-state index contributed by atoms with van der Waals surface area (Å²) in [5.74, 6) is -0.176. The molecule has 7 heteroatoms. The van der Waals surface area contributed by atoms with E-state index in [4.69, 9.17) is 0 Å². The molecule has 0 heterocycles. The van der Waals surface area contributed by atoms with E-state index in [1.165, 1.54) is 16.5 Å². The molecular formula is C25H27N3O3S. The van der Waals surface area contributed by atoms with Crippen LogP contribution in [0.5, 0.6) is 0 Å². The fourth-order valence-electron chi connectivity index (χ4n) is 4.15. The lowest BCUT2D eigenvalue weighted by molar-refractivity contribution is -0.119. The molecule has 0 saturated heterocycles. The Bertz CT molecular complexity index is 1290. The second-order valence-corrected chi connectivity index (χ2v) is 10.4. The van der Waals surface area contributed by atoms with Gasteiger partial charge in [0.25, 0.3) is 5.91 Å². The van der Waals surface area contributed by atoms with Crippen LogP contribution >= 0.6 is 0 Å². The summed E-state index contributed by atoms with van der Waals surface area (Å²) in [7, 11) is -3.63. The smallest absolute Gasteiger partial charge is 0.260 e. The normalized spacial score (nSPS) is 13.2. The van der Waals surface area contributed by atoms with Crippen LogP contribution < -0.4 is 9.73 Å². The first kappa shape index (κ1) is 22.0. The number of nitrogens with one attached hydrogen (secondary N) is 1. The van der Waals surface area contributed by atoms with Crippen LogP contribution in [0.1, 0.15) is 42.0 Å². The van der Waals surface area contributed by atoms with Gasteiger partial charge in [0.05, 0.1) is 18.2 Å². The van der Waals surface area contributed by atoms with Crippen LogP contribution in [0.2, 0.25) is 0 Å². The zero-order valence-corrected chi connectivity index (χ0v) is 19.3. The van der Waals surface area contributed by atoms with Gasteiger partial charge < -0.3 is 0 Å². The van der Waals surface area contributed by atoms with E-state index in [-0.39, 0.29) is 6.54 Å². The van der Waals surface area contributed by atoms with Gasteiger partial charge in [0.15, 0.2) is 0 Å². The SMILES string of the molecule is CC(C)c1ccc(N(CC(=O)N/N=C\c2ccc3c4c(cccc24)CC3)S(C)(=O)=O)cc1. The number of hydrogen-bond acceptors (Lipinski definition) is 4. The maximum absolute atomic E-state index is 12.5. The fraction of sp³-hybridized carbons (Fsp3) is 0.280. The average Bonchev–Trinajstić information content (AvgIpc) is 3.18. The molecule has 0 fully saturated rings. The van der Waals surface area contributed by atoms with Gasteiger partial charge in [-0.2, -0.15) is 5.10 Å². The molecule has 3 aromatic rings. The number of nitrogens with zero attached hydrogens (tertiary/aromatic N) is 2. The van der Waals surface area contributed by atoms with Crippen molar-refractivity contribution in [3.8, 4) is 0 Å². The summed E-state index contributed by atoms with van der Waals surface area (Å²) in [6, 6.07) is 17.6. The monoisotopic (exact) mass is 449 g/mol. The first-order chi connectivity index (χ1) is 15.2. The van der Waals surface area contributed by atoms with E-state index < -0.39 is 15.9 Å². The number of rotatable bonds is 7. The van der Waals surface area contributed by atoms with Gasteiger partial charge in [-0.25, -0.2) is 13.8 Å². The Labute approximate surface area is 189 Å². The third-order valence-corrected chi connectivity index (χ3v) is 6.98. The van der Waals surface area contributed by atoms with E-state index in [9.17, 15) is 13.2 Å². The number of carbonyl (C=O) groups is 1. The lowest BCUT2D eigenvalue weighted by atomic mass is 10.0. The van der Waals surface area contributed by atoms with Gasteiger partial charge in [-0.05, 0) is 58.4 Å². The van der Waals surface area contributed by atoms with Gasteiger partial charge in [0, 0.05) is 5.56 Å². The summed E-state index contributed by atoms with van der Waals surface area (Å²) in [6.07, 6.45) is 4.79. The molecular weight excluding hydrogens is 422 g/mol. The molecule has 0 aromatic heterocycles. The van der Waals surface area contributed by atoms with Crippen molar-refractivity contribution in [2.75, 3.05) is 17.1 Å². The largest absolute Gasteiger partial charge is 0.271 e. The van der Waals surface area contributed by atoms with Gasteiger partial charge in [-0.3, -0.25) is 9.10 Å². The van der Waals surface area contributed by atoms with Crippen molar-refractivity contribution in [2.45, 2.75) is 32.6 Å². The van der Waals surface area contributed by atoms with Crippen LogP contribution in [0.25, 0.3) is 10.8 Å². The van der Waals surface area contributed by atoms with Crippen LogP contribution in [0, 0.1) is 0 Å². The highest BCUT2D eigenvalue weighted by Gasteiger charge is 2.21. The third-order valence-electron chi connectivity index (χ3n) is 5.84. The zero-order chi connectivity index (χ0) is 22.9. The minimum absolute atomic E-state index is 0.333. The Hall–Kier alpha value is -3.19. The Kier molecular flexibility index (Phi) is 6.02. The predicted molar refractivity (Wildman–Crippen MR) is 130 cm³/mol. The quantitative estimate of drug-likeness (QED) is 0.438. The van der Waals surface area contributed by atoms with Crippen LogP contribution in [-0.2, 0) is 27.7 Å². The van der Waals surface area contributed by atoms with Gasteiger partial charge in [-0.15, -0.1) is 0 Å². The standard InChI is InChI=1S/C25H27N3O3S/c1-17(2)18-11-13-22(14-12-18)28(32(3,30)31)16-24(29)27-26-15-21-10-9-20-8-7-19-5-4-6-23(21)25(19)20/h4-6,9-15,17H,7-8,16H2,1-3H3,(H,27,29)/b26-15-. The van der Waals surface area contributed by atoms with Gasteiger partial charge >= 0.3 is 0 Å². The molecule has 1 aliphatic rings. The molecule has 0 atom stereocenters. The molecule has 1 N–H and O–H groups in total. The van der Waals surface area contributed by atoms with E-state index in [0.717, 1.165) is 39.9 Å². The Morgan fingerprint density at radius 1 is 1.06 bits per heavy atom. The molecule has 0 saturated carbocycles. The lowest BCUT2D eigenvalue weighted by Crippen LogP contribution is -2.39. The van der Waals surface area contributed by atoms with E-state index in [1.807, 2.05) is 24.3 Å². The van der Waals surface area contributed by atoms with Crippen molar-refractivity contribution in [3.63, 3.8) is 0 Å². The molecule has 3 aromatic carbocycles. The second kappa shape index (κ2) is 8.74. The lowest BCUT2D eigenvalue weighted by Gasteiger charge is -2.21. The Morgan fingerprint density at radius 3 is 2.41 bits per heavy atom. The number of benzene rings is 3. The number of sulfonamides is 1. The topological polar surface area (TPSA) is 78.8 Å². The number of anilines is 1. The van der Waals surface area contributed by atoms with E-state index in [0.29, 0.717) is 11.6 Å². The Balaban J connectivity index is 1.49. The highest BCUT2D eigenvalue weighted by molar-refractivity contribution is 7.92. The molecule has 1 aliphatic carbocycles. The highest BCUT2D eigenvalue weighted by atomic mass is 32.2. The van der Waals surface area contributed by atoms with Crippen molar-refractivity contribution in [3.05, 3.63) is 76.9 Å². The van der Waals surface area contributed by atoms with Crippen molar-refractivity contribution in [1.82, 2.24) is 5.43 Å². The maximum atomic E-state index is 12.5. The minimum Gasteiger partial charge on any atom is -0.271 e. The van der Waals surface area contributed by atoms with E-state index >= 15 is 0 Å². The number of hydrazone groups is 1. The maximum Gasteiger partial charge on any atom is 0.260 e. The van der Waals surface area contributed by atoms with Gasteiger partial charge in [0.2, 0.25) is 10.0 Å². The Morgan fingerprint density at radius 2 is 1.75 bits per heavy atom. The predicted octanol–water partition coefficient (Wildman–Crippen LogP) is 3.98. The van der Waals surface area contributed by atoms with Crippen molar-refractivity contribution >= 4 is 38.6 Å². The summed E-state index contributed by atoms with van der Waals surface area (Å²) in [5, 5.41) is 6.48. The molecule has 6 nitrogen and oxygen atoms in total. The molecule has 0 bridgehead atoms. The highest BCUT2D eigenvalue weighted by Crippen LogP contribution is 2.32. The fourth-order valence-corrected chi connectivity index (χ4v) is 5.00. The van der Waals surface area contributed by atoms with Crippen LogP contribution in [0.3, 0.4) is 0 Å². The summed E-state index contributed by atoms with van der Waals surface area (Å²) < 4.78 is 25.7. The molecule has 32 heavy (non-hydrogen) atoms. The van der Waals surface area contributed by atoms with Crippen molar-refractivity contribution in [2.24, 2.45) is 5.10 Å². The molecule has 0 radical (unpaired) electrons. The first-order valence-electron chi connectivity index (χ1n) is 10.7. The zero-order valence-electron chi connectivity index (χ0n) is 18.5. The molecule has 166 valence electrons. The van der Waals surface area contributed by atoms with Gasteiger partial charge in [-0.1, -0.05) is 56.3 Å². The number of carbonyl (C=O) groups excluding carboxylic acids is 1. The summed E-state index contributed by atoms with van der Waals surface area (Å²) in [4.78, 5) is 12.5. The van der Waals surface area contributed by atoms with E-state index in [2.05, 4.69) is 42.6 Å². The van der Waals surface area contributed by atoms with Gasteiger partial charge in [0.1, 0.15) is 6.54 Å². The summed E-state index contributed by atoms with van der Waals surface area (Å²) in [6.45, 7) is 3.79. The van der Waals surface area contributed by atoms with E-state index in [1.54, 1.807) is 18.3 Å². The van der Waals surface area contributed by atoms with Crippen LogP contribution in [0.4, 0.5) is 5.69 Å². The number of aryl methyl sites for hydroxylation is 2. The molecule has 0 unspecified atom stereocenters. The number of hydrogen-bond donors (Lipinski definition) is 1. The van der Waals surface area contributed by atoms with Crippen molar-refractivity contribution < 1.29 is 13.2 Å². The average molecular weight is 450 g/mol. The van der Waals surface area contributed by atoms with Crippen molar-refractivity contribution in [1.29, 1.82) is 0 Å². The summed E-state index contributed by atoms with van der Waals surface area (Å²) >= 11 is 0. The second-order valence-electron chi connectivity index (χ2n) is 8.46. The minimum atomic E-state index is -3.63. The third kappa shape index (κ3) is 4.53. The molecule has 0 spiro atoms.